The highest BCUT2D eigenvalue weighted by Crippen LogP contribution is 2.10. The second kappa shape index (κ2) is 14.9. The van der Waals surface area contributed by atoms with Crippen LogP contribution in [0.25, 0.3) is 0 Å². The van der Waals surface area contributed by atoms with Crippen LogP contribution < -0.4 is 10.6 Å². The van der Waals surface area contributed by atoms with Crippen molar-refractivity contribution in [2.24, 2.45) is 4.99 Å². The standard InChI is InChI=1S/C20H43N5.HI/c1-7-13-24-15-10-19(11-16-24)23-20(21-8-2)22-12-9-14-25(17(3)4)18(5)6;/h17-19H,7-16H2,1-6H3,(H2,21,22,23);1H. The molecule has 0 amide bonds. The zero-order valence-electron chi connectivity index (χ0n) is 18.1. The minimum atomic E-state index is 0. The summed E-state index contributed by atoms with van der Waals surface area (Å²) in [4.78, 5) is 9.93. The third-order valence-corrected chi connectivity index (χ3v) is 4.98. The van der Waals surface area contributed by atoms with Gasteiger partial charge in [-0.1, -0.05) is 6.92 Å². The average Bonchev–Trinajstić information content (AvgIpc) is 2.56. The van der Waals surface area contributed by atoms with Crippen LogP contribution in [-0.2, 0) is 0 Å². The molecule has 0 aromatic carbocycles. The summed E-state index contributed by atoms with van der Waals surface area (Å²) in [6.07, 6.45) is 4.81. The fraction of sp³-hybridized carbons (Fsp3) is 0.950. The number of piperidine rings is 1. The first-order chi connectivity index (χ1) is 12.0. The zero-order valence-corrected chi connectivity index (χ0v) is 20.4. The maximum atomic E-state index is 4.81. The number of hydrogen-bond acceptors (Lipinski definition) is 3. The van der Waals surface area contributed by atoms with Crippen molar-refractivity contribution in [3.05, 3.63) is 0 Å². The number of hydrogen-bond donors (Lipinski definition) is 2. The predicted octanol–water partition coefficient (Wildman–Crippen LogP) is 3.54. The molecule has 1 heterocycles. The molecule has 156 valence electrons. The predicted molar refractivity (Wildman–Crippen MR) is 126 cm³/mol. The Bertz CT molecular complexity index is 357. The van der Waals surface area contributed by atoms with Crippen LogP contribution in [0.1, 0.15) is 67.2 Å². The van der Waals surface area contributed by atoms with Crippen LogP contribution >= 0.6 is 24.0 Å². The lowest BCUT2D eigenvalue weighted by atomic mass is 10.1. The first-order valence-corrected chi connectivity index (χ1v) is 10.5. The van der Waals surface area contributed by atoms with Gasteiger partial charge in [-0.15, -0.1) is 24.0 Å². The molecular weight excluding hydrogens is 437 g/mol. The maximum Gasteiger partial charge on any atom is 0.191 e. The van der Waals surface area contributed by atoms with Crippen molar-refractivity contribution in [3.63, 3.8) is 0 Å². The van der Waals surface area contributed by atoms with E-state index in [0.29, 0.717) is 18.1 Å². The summed E-state index contributed by atoms with van der Waals surface area (Å²) in [6.45, 7) is 20.1. The molecule has 1 fully saturated rings. The molecule has 6 heteroatoms. The Morgan fingerprint density at radius 3 is 2.23 bits per heavy atom. The summed E-state index contributed by atoms with van der Waals surface area (Å²) in [5.74, 6) is 0.997. The molecule has 0 saturated carbocycles. The molecule has 0 radical (unpaired) electrons. The minimum absolute atomic E-state index is 0. The molecule has 0 bridgehead atoms. The molecule has 0 unspecified atom stereocenters. The number of halogens is 1. The Labute approximate surface area is 179 Å². The first-order valence-electron chi connectivity index (χ1n) is 10.5. The Morgan fingerprint density at radius 1 is 1.12 bits per heavy atom. The van der Waals surface area contributed by atoms with Crippen LogP contribution in [0.2, 0.25) is 0 Å². The van der Waals surface area contributed by atoms with E-state index in [4.69, 9.17) is 4.99 Å². The molecule has 1 saturated heterocycles. The summed E-state index contributed by atoms with van der Waals surface area (Å²) in [5, 5.41) is 7.06. The van der Waals surface area contributed by atoms with Crippen molar-refractivity contribution in [1.29, 1.82) is 0 Å². The van der Waals surface area contributed by atoms with Crippen LogP contribution in [0.15, 0.2) is 4.99 Å². The molecule has 2 N–H and O–H groups in total. The van der Waals surface area contributed by atoms with Gasteiger partial charge in [0.2, 0.25) is 0 Å². The third kappa shape index (κ3) is 10.3. The van der Waals surface area contributed by atoms with Crippen molar-refractivity contribution in [2.45, 2.75) is 85.4 Å². The van der Waals surface area contributed by atoms with Crippen LogP contribution in [0.3, 0.4) is 0 Å². The summed E-state index contributed by atoms with van der Waals surface area (Å²) in [5.41, 5.74) is 0. The number of aliphatic imine (C=N–C) groups is 1. The molecule has 0 aromatic rings. The second-order valence-electron chi connectivity index (χ2n) is 7.80. The number of nitrogens with zero attached hydrogens (tertiary/aromatic N) is 3. The Kier molecular flexibility index (Phi) is 14.9. The molecule has 1 rings (SSSR count). The third-order valence-electron chi connectivity index (χ3n) is 4.98. The molecule has 1 aliphatic rings. The lowest BCUT2D eigenvalue weighted by molar-refractivity contribution is 0.174. The first kappa shape index (κ1) is 25.9. The molecule has 0 aromatic heterocycles. The van der Waals surface area contributed by atoms with E-state index in [2.05, 4.69) is 62.0 Å². The van der Waals surface area contributed by atoms with E-state index in [0.717, 1.165) is 32.0 Å². The monoisotopic (exact) mass is 481 g/mol. The van der Waals surface area contributed by atoms with Gasteiger partial charge in [-0.05, 0) is 66.8 Å². The van der Waals surface area contributed by atoms with E-state index in [1.54, 1.807) is 0 Å². The lowest BCUT2D eigenvalue weighted by Crippen LogP contribution is -2.48. The van der Waals surface area contributed by atoms with E-state index in [-0.39, 0.29) is 24.0 Å². The smallest absolute Gasteiger partial charge is 0.191 e. The molecular formula is C20H44IN5. The van der Waals surface area contributed by atoms with Crippen LogP contribution in [0, 0.1) is 0 Å². The van der Waals surface area contributed by atoms with Gasteiger partial charge in [0.1, 0.15) is 0 Å². The van der Waals surface area contributed by atoms with Crippen molar-refractivity contribution in [2.75, 3.05) is 39.3 Å². The normalized spacial score (nSPS) is 17.0. The van der Waals surface area contributed by atoms with Gasteiger partial charge in [-0.2, -0.15) is 0 Å². The van der Waals surface area contributed by atoms with Gasteiger partial charge < -0.3 is 15.5 Å². The van der Waals surface area contributed by atoms with Gasteiger partial charge in [-0.3, -0.25) is 9.89 Å². The lowest BCUT2D eigenvalue weighted by Gasteiger charge is -2.33. The molecule has 0 spiro atoms. The minimum Gasteiger partial charge on any atom is -0.357 e. The average molecular weight is 482 g/mol. The zero-order chi connectivity index (χ0) is 18.7. The summed E-state index contributed by atoms with van der Waals surface area (Å²) >= 11 is 0. The van der Waals surface area contributed by atoms with Gasteiger partial charge in [-0.25, -0.2) is 0 Å². The van der Waals surface area contributed by atoms with Crippen molar-refractivity contribution < 1.29 is 0 Å². The Balaban J connectivity index is 0.00000625. The highest BCUT2D eigenvalue weighted by Gasteiger charge is 2.19. The summed E-state index contributed by atoms with van der Waals surface area (Å²) in [7, 11) is 0. The SMILES string of the molecule is CCCN1CCC(NC(=NCCCN(C(C)C)C(C)C)NCC)CC1.I. The second-order valence-corrected chi connectivity index (χ2v) is 7.80. The van der Waals surface area contributed by atoms with Gasteiger partial charge in [0.15, 0.2) is 5.96 Å². The van der Waals surface area contributed by atoms with Crippen molar-refractivity contribution >= 4 is 29.9 Å². The van der Waals surface area contributed by atoms with Gasteiger partial charge in [0.05, 0.1) is 0 Å². The van der Waals surface area contributed by atoms with E-state index >= 15 is 0 Å². The van der Waals surface area contributed by atoms with Crippen LogP contribution in [-0.4, -0.2) is 73.2 Å². The Morgan fingerprint density at radius 2 is 1.73 bits per heavy atom. The number of guanidine groups is 1. The quantitative estimate of drug-likeness (QED) is 0.217. The van der Waals surface area contributed by atoms with E-state index < -0.39 is 0 Å². The summed E-state index contributed by atoms with van der Waals surface area (Å²) in [6, 6.07) is 1.76. The summed E-state index contributed by atoms with van der Waals surface area (Å²) < 4.78 is 0. The number of nitrogens with one attached hydrogen (secondary N) is 2. The van der Waals surface area contributed by atoms with E-state index in [9.17, 15) is 0 Å². The van der Waals surface area contributed by atoms with E-state index in [1.807, 2.05) is 0 Å². The van der Waals surface area contributed by atoms with Crippen molar-refractivity contribution in [3.8, 4) is 0 Å². The highest BCUT2D eigenvalue weighted by atomic mass is 127. The van der Waals surface area contributed by atoms with Gasteiger partial charge >= 0.3 is 0 Å². The number of rotatable bonds is 10. The van der Waals surface area contributed by atoms with Crippen LogP contribution in [0.4, 0.5) is 0 Å². The fourth-order valence-electron chi connectivity index (χ4n) is 3.69. The fourth-order valence-corrected chi connectivity index (χ4v) is 3.69. The topological polar surface area (TPSA) is 42.9 Å². The largest absolute Gasteiger partial charge is 0.357 e. The van der Waals surface area contributed by atoms with Gasteiger partial charge in [0.25, 0.3) is 0 Å². The van der Waals surface area contributed by atoms with Crippen molar-refractivity contribution in [1.82, 2.24) is 20.4 Å². The maximum absolute atomic E-state index is 4.81. The van der Waals surface area contributed by atoms with Crippen LogP contribution in [0.5, 0.6) is 0 Å². The molecule has 0 aliphatic carbocycles. The Hall–Kier alpha value is -0.0800. The number of likely N-dealkylation sites (tertiary alicyclic amines) is 1. The molecule has 5 nitrogen and oxygen atoms in total. The van der Waals surface area contributed by atoms with Gasteiger partial charge in [0, 0.05) is 50.8 Å². The van der Waals surface area contributed by atoms with E-state index in [1.165, 1.54) is 38.9 Å². The molecule has 26 heavy (non-hydrogen) atoms. The molecule has 0 atom stereocenters. The highest BCUT2D eigenvalue weighted by molar-refractivity contribution is 14.0. The molecule has 1 aliphatic heterocycles.